The Morgan fingerprint density at radius 3 is 2.07 bits per heavy atom. The van der Waals surface area contributed by atoms with Gasteiger partial charge in [0.25, 0.3) is 0 Å². The van der Waals surface area contributed by atoms with Crippen LogP contribution in [0.4, 0.5) is 0 Å². The van der Waals surface area contributed by atoms with Crippen molar-refractivity contribution in [3.05, 3.63) is 65.2 Å². The summed E-state index contributed by atoms with van der Waals surface area (Å²) in [5.41, 5.74) is 3.59. The van der Waals surface area contributed by atoms with Gasteiger partial charge in [0, 0.05) is 6.54 Å². The highest BCUT2D eigenvalue weighted by atomic mass is 32.2. The Balaban J connectivity index is 1.57. The monoisotopic (exact) mass is 383 g/mol. The molecule has 1 saturated heterocycles. The topological polar surface area (TPSA) is 37.4 Å². The minimum Gasteiger partial charge on any atom is -0.207 e. The number of hydrogen-bond acceptors (Lipinski definition) is 2. The van der Waals surface area contributed by atoms with Crippen molar-refractivity contribution in [2.75, 3.05) is 6.54 Å². The van der Waals surface area contributed by atoms with Crippen LogP contribution in [-0.4, -0.2) is 19.3 Å². The Labute approximate surface area is 163 Å². The number of benzene rings is 2. The van der Waals surface area contributed by atoms with Crippen molar-refractivity contribution in [2.24, 2.45) is 0 Å². The van der Waals surface area contributed by atoms with Gasteiger partial charge in [0.1, 0.15) is 0 Å². The molecule has 0 spiro atoms. The molecule has 2 aromatic rings. The van der Waals surface area contributed by atoms with Gasteiger partial charge in [0.2, 0.25) is 10.0 Å². The van der Waals surface area contributed by atoms with Crippen LogP contribution in [0.2, 0.25) is 0 Å². The SMILES string of the molecule is Cc1ccc(C2CCCN2S(=O)(=O)c2ccc(C3CCCCC3)cc2)cc1. The molecule has 1 atom stereocenters. The molecule has 4 rings (SSSR count). The maximum Gasteiger partial charge on any atom is 0.243 e. The summed E-state index contributed by atoms with van der Waals surface area (Å²) in [6.45, 7) is 2.66. The standard InChI is InChI=1S/C23H29NO2S/c1-18-9-11-21(12-10-18)23-8-5-17-24(23)27(25,26)22-15-13-20(14-16-22)19-6-3-2-4-7-19/h9-16,19,23H,2-8,17H2,1H3. The number of sulfonamides is 1. The summed E-state index contributed by atoms with van der Waals surface area (Å²) in [7, 11) is -3.46. The van der Waals surface area contributed by atoms with Crippen LogP contribution in [-0.2, 0) is 10.0 Å². The van der Waals surface area contributed by atoms with Crippen LogP contribution in [0, 0.1) is 6.92 Å². The van der Waals surface area contributed by atoms with E-state index in [0.29, 0.717) is 17.4 Å². The van der Waals surface area contributed by atoms with Crippen LogP contribution >= 0.6 is 0 Å². The molecular weight excluding hydrogens is 354 g/mol. The van der Waals surface area contributed by atoms with Crippen molar-refractivity contribution in [1.82, 2.24) is 4.31 Å². The van der Waals surface area contributed by atoms with Gasteiger partial charge in [-0.2, -0.15) is 4.31 Å². The van der Waals surface area contributed by atoms with Gasteiger partial charge in [-0.1, -0.05) is 61.2 Å². The summed E-state index contributed by atoms with van der Waals surface area (Å²) in [5.74, 6) is 0.600. The van der Waals surface area contributed by atoms with Crippen LogP contribution < -0.4 is 0 Å². The Morgan fingerprint density at radius 1 is 0.778 bits per heavy atom. The summed E-state index contributed by atoms with van der Waals surface area (Å²) >= 11 is 0. The molecule has 3 nitrogen and oxygen atoms in total. The van der Waals surface area contributed by atoms with Crippen LogP contribution in [0.3, 0.4) is 0 Å². The molecule has 4 heteroatoms. The lowest BCUT2D eigenvalue weighted by atomic mass is 9.84. The average molecular weight is 384 g/mol. The molecule has 1 unspecified atom stereocenters. The highest BCUT2D eigenvalue weighted by Gasteiger charge is 2.36. The van der Waals surface area contributed by atoms with Gasteiger partial charge in [-0.05, 0) is 61.8 Å². The van der Waals surface area contributed by atoms with E-state index in [1.807, 2.05) is 24.3 Å². The first-order valence-electron chi connectivity index (χ1n) is 10.2. The normalized spacial score (nSPS) is 22.2. The van der Waals surface area contributed by atoms with E-state index in [9.17, 15) is 8.42 Å². The fourth-order valence-electron chi connectivity index (χ4n) is 4.63. The summed E-state index contributed by atoms with van der Waals surface area (Å²) in [6, 6.07) is 16.0. The van der Waals surface area contributed by atoms with E-state index in [-0.39, 0.29) is 6.04 Å². The van der Waals surface area contributed by atoms with Gasteiger partial charge in [0.15, 0.2) is 0 Å². The first kappa shape index (κ1) is 18.7. The smallest absolute Gasteiger partial charge is 0.207 e. The largest absolute Gasteiger partial charge is 0.243 e. The minimum absolute atomic E-state index is 0.0476. The molecule has 0 amide bonds. The third-order valence-electron chi connectivity index (χ3n) is 6.23. The van der Waals surface area contributed by atoms with E-state index in [0.717, 1.165) is 18.4 Å². The molecule has 0 aromatic heterocycles. The van der Waals surface area contributed by atoms with Crippen molar-refractivity contribution in [1.29, 1.82) is 0 Å². The van der Waals surface area contributed by atoms with E-state index in [1.165, 1.54) is 43.2 Å². The lowest BCUT2D eigenvalue weighted by Crippen LogP contribution is -2.30. The van der Waals surface area contributed by atoms with E-state index < -0.39 is 10.0 Å². The van der Waals surface area contributed by atoms with E-state index in [1.54, 1.807) is 4.31 Å². The second-order valence-electron chi connectivity index (χ2n) is 8.09. The summed E-state index contributed by atoms with van der Waals surface area (Å²) in [4.78, 5) is 0.432. The molecule has 1 saturated carbocycles. The van der Waals surface area contributed by atoms with Gasteiger partial charge in [-0.3, -0.25) is 0 Å². The van der Waals surface area contributed by atoms with E-state index in [2.05, 4.69) is 31.2 Å². The number of aryl methyl sites for hydroxylation is 1. The van der Waals surface area contributed by atoms with Crippen molar-refractivity contribution in [3.63, 3.8) is 0 Å². The van der Waals surface area contributed by atoms with Crippen molar-refractivity contribution in [3.8, 4) is 0 Å². The molecule has 27 heavy (non-hydrogen) atoms. The number of nitrogens with zero attached hydrogens (tertiary/aromatic N) is 1. The molecule has 1 heterocycles. The number of hydrogen-bond donors (Lipinski definition) is 0. The van der Waals surface area contributed by atoms with Gasteiger partial charge >= 0.3 is 0 Å². The van der Waals surface area contributed by atoms with Crippen LogP contribution in [0.1, 0.15) is 73.6 Å². The molecule has 144 valence electrons. The van der Waals surface area contributed by atoms with Crippen LogP contribution in [0.15, 0.2) is 53.4 Å². The first-order valence-corrected chi connectivity index (χ1v) is 11.7. The maximum absolute atomic E-state index is 13.3. The van der Waals surface area contributed by atoms with Gasteiger partial charge in [0.05, 0.1) is 10.9 Å². The van der Waals surface area contributed by atoms with E-state index >= 15 is 0 Å². The fourth-order valence-corrected chi connectivity index (χ4v) is 6.32. The van der Waals surface area contributed by atoms with Crippen molar-refractivity contribution < 1.29 is 8.42 Å². The Kier molecular flexibility index (Phi) is 5.38. The highest BCUT2D eigenvalue weighted by Crippen LogP contribution is 2.37. The molecule has 0 radical (unpaired) electrons. The fraction of sp³-hybridized carbons (Fsp3) is 0.478. The van der Waals surface area contributed by atoms with E-state index in [4.69, 9.17) is 0 Å². The Morgan fingerprint density at radius 2 is 1.41 bits per heavy atom. The second kappa shape index (κ2) is 7.76. The highest BCUT2D eigenvalue weighted by molar-refractivity contribution is 7.89. The molecule has 0 N–H and O–H groups in total. The zero-order valence-electron chi connectivity index (χ0n) is 16.1. The van der Waals surface area contributed by atoms with Crippen LogP contribution in [0.5, 0.6) is 0 Å². The summed E-state index contributed by atoms with van der Waals surface area (Å²) in [5, 5.41) is 0. The predicted molar refractivity (Wildman–Crippen MR) is 109 cm³/mol. The molecule has 1 aliphatic carbocycles. The Hall–Kier alpha value is -1.65. The third kappa shape index (κ3) is 3.83. The molecular formula is C23H29NO2S. The number of rotatable bonds is 4. The average Bonchev–Trinajstić information content (AvgIpc) is 3.20. The van der Waals surface area contributed by atoms with Gasteiger partial charge < -0.3 is 0 Å². The third-order valence-corrected chi connectivity index (χ3v) is 8.15. The minimum atomic E-state index is -3.46. The van der Waals surface area contributed by atoms with Gasteiger partial charge in [-0.15, -0.1) is 0 Å². The Bertz CT molecular complexity index is 866. The molecule has 2 fully saturated rings. The molecule has 0 bridgehead atoms. The molecule has 1 aliphatic heterocycles. The lowest BCUT2D eigenvalue weighted by Gasteiger charge is -2.25. The maximum atomic E-state index is 13.3. The van der Waals surface area contributed by atoms with Crippen molar-refractivity contribution >= 4 is 10.0 Å². The lowest BCUT2D eigenvalue weighted by molar-refractivity contribution is 0.396. The van der Waals surface area contributed by atoms with Gasteiger partial charge in [-0.25, -0.2) is 8.42 Å². The van der Waals surface area contributed by atoms with Crippen LogP contribution in [0.25, 0.3) is 0 Å². The predicted octanol–water partition coefficient (Wildman–Crippen LogP) is 5.57. The summed E-state index contributed by atoms with van der Waals surface area (Å²) < 4.78 is 28.3. The molecule has 2 aromatic carbocycles. The summed E-state index contributed by atoms with van der Waals surface area (Å²) in [6.07, 6.45) is 8.17. The second-order valence-corrected chi connectivity index (χ2v) is 9.98. The van der Waals surface area contributed by atoms with Crippen molar-refractivity contribution in [2.45, 2.75) is 68.7 Å². The zero-order chi connectivity index (χ0) is 18.9. The zero-order valence-corrected chi connectivity index (χ0v) is 16.9. The quantitative estimate of drug-likeness (QED) is 0.692. The first-order chi connectivity index (χ1) is 13.1. The molecule has 2 aliphatic rings.